The van der Waals surface area contributed by atoms with Gasteiger partial charge in [-0.2, -0.15) is 0 Å². The molecular formula is C23H33N5O3S. The van der Waals surface area contributed by atoms with E-state index in [4.69, 9.17) is 4.52 Å². The maximum absolute atomic E-state index is 12.2. The lowest BCUT2D eigenvalue weighted by molar-refractivity contribution is -0.118. The number of carbonyl (C=O) groups excluding carboxylic acids is 2. The summed E-state index contributed by atoms with van der Waals surface area (Å²) in [6, 6.07) is 12.7. The zero-order valence-electron chi connectivity index (χ0n) is 19.0. The van der Waals surface area contributed by atoms with Crippen molar-refractivity contribution in [1.82, 2.24) is 20.3 Å². The molecule has 3 rings (SSSR count). The number of piperazine rings is 1. The van der Waals surface area contributed by atoms with Crippen LogP contribution in [0.3, 0.4) is 0 Å². The van der Waals surface area contributed by atoms with E-state index in [1.165, 1.54) is 17.3 Å². The molecule has 9 heteroatoms. The fourth-order valence-corrected chi connectivity index (χ4v) is 4.42. The maximum atomic E-state index is 12.2. The van der Waals surface area contributed by atoms with Gasteiger partial charge in [-0.3, -0.25) is 14.5 Å². The molecule has 1 aromatic heterocycles. The van der Waals surface area contributed by atoms with Crippen molar-refractivity contribution in [2.75, 3.05) is 50.8 Å². The van der Waals surface area contributed by atoms with Crippen molar-refractivity contribution in [3.8, 4) is 0 Å². The van der Waals surface area contributed by atoms with Crippen LogP contribution in [0.4, 0.5) is 5.82 Å². The highest BCUT2D eigenvalue weighted by Gasteiger charge is 2.26. The molecule has 32 heavy (non-hydrogen) atoms. The Balaban J connectivity index is 1.35. The second-order valence-electron chi connectivity index (χ2n) is 8.19. The van der Waals surface area contributed by atoms with Crippen molar-refractivity contribution >= 4 is 29.4 Å². The van der Waals surface area contributed by atoms with Crippen molar-refractivity contribution in [2.24, 2.45) is 0 Å². The van der Waals surface area contributed by atoms with Crippen LogP contribution >= 0.6 is 11.8 Å². The molecule has 0 bridgehead atoms. The second-order valence-corrected chi connectivity index (χ2v) is 9.52. The predicted molar refractivity (Wildman–Crippen MR) is 128 cm³/mol. The summed E-state index contributed by atoms with van der Waals surface area (Å²) in [4.78, 5) is 29.3. The van der Waals surface area contributed by atoms with Gasteiger partial charge in [0.2, 0.25) is 11.8 Å². The molecule has 0 aliphatic carbocycles. The molecule has 2 heterocycles. The zero-order chi connectivity index (χ0) is 22.9. The molecule has 2 aromatic rings. The van der Waals surface area contributed by atoms with Gasteiger partial charge in [0.1, 0.15) is 5.76 Å². The summed E-state index contributed by atoms with van der Waals surface area (Å²) in [5.41, 5.74) is 1.34. The van der Waals surface area contributed by atoms with E-state index in [-0.39, 0.29) is 22.8 Å². The highest BCUT2D eigenvalue weighted by atomic mass is 32.2. The normalized spacial score (nSPS) is 18.3. The van der Waals surface area contributed by atoms with Crippen molar-refractivity contribution in [3.05, 3.63) is 47.7 Å². The van der Waals surface area contributed by atoms with Crippen LogP contribution in [0, 0.1) is 6.92 Å². The minimum Gasteiger partial charge on any atom is -0.360 e. The van der Waals surface area contributed by atoms with Gasteiger partial charge in [-0.15, -0.1) is 11.8 Å². The minimum absolute atomic E-state index is 0.0510. The first-order chi connectivity index (χ1) is 15.4. The van der Waals surface area contributed by atoms with Crippen LogP contribution in [-0.2, 0) is 9.59 Å². The van der Waals surface area contributed by atoms with Gasteiger partial charge in [0.25, 0.3) is 0 Å². The lowest BCUT2D eigenvalue weighted by Gasteiger charge is -2.40. The quantitative estimate of drug-likeness (QED) is 0.528. The molecule has 1 saturated heterocycles. The molecule has 2 N–H and O–H groups in total. The molecule has 2 amide bonds. The number of aryl methyl sites for hydroxylation is 1. The van der Waals surface area contributed by atoms with Crippen molar-refractivity contribution in [3.63, 3.8) is 0 Å². The van der Waals surface area contributed by atoms with E-state index in [9.17, 15) is 9.59 Å². The molecular weight excluding hydrogens is 426 g/mol. The van der Waals surface area contributed by atoms with Gasteiger partial charge in [-0.1, -0.05) is 35.5 Å². The number of thioether (sulfide) groups is 1. The number of hydrogen-bond donors (Lipinski definition) is 2. The number of amides is 2. The number of anilines is 1. The summed E-state index contributed by atoms with van der Waals surface area (Å²) in [6.45, 7) is 8.20. The fourth-order valence-electron chi connectivity index (χ4n) is 3.71. The third kappa shape index (κ3) is 7.36. The fraction of sp³-hybridized carbons (Fsp3) is 0.522. The standard InChI is InChI=1S/C23H33N5O3S/c1-17-14-21(26-31-17)25-23(30)18(2)32-16-22(29)24-10-7-11-28-13-12-27(3)15-20(28)19-8-5-4-6-9-19/h4-6,8-9,14,18,20H,7,10-13,15-16H2,1-3H3,(H,24,29)(H,25,26,30)/t18-,20+/m1/s1. The summed E-state index contributed by atoms with van der Waals surface area (Å²) in [7, 11) is 2.17. The van der Waals surface area contributed by atoms with E-state index in [1.807, 2.05) is 6.07 Å². The van der Waals surface area contributed by atoms with E-state index in [0.717, 1.165) is 32.6 Å². The third-order valence-corrected chi connectivity index (χ3v) is 6.68. The number of likely N-dealkylation sites (N-methyl/N-ethyl adjacent to an activating group) is 1. The molecule has 1 fully saturated rings. The first-order valence-corrected chi connectivity index (χ1v) is 12.1. The van der Waals surface area contributed by atoms with Crippen LogP contribution in [0.1, 0.15) is 30.7 Å². The van der Waals surface area contributed by atoms with E-state index >= 15 is 0 Å². The van der Waals surface area contributed by atoms with Gasteiger partial charge >= 0.3 is 0 Å². The molecule has 0 radical (unpaired) electrons. The smallest absolute Gasteiger partial charge is 0.238 e. The summed E-state index contributed by atoms with van der Waals surface area (Å²) in [6.07, 6.45) is 0.894. The maximum Gasteiger partial charge on any atom is 0.238 e. The lowest BCUT2D eigenvalue weighted by atomic mass is 10.0. The monoisotopic (exact) mass is 459 g/mol. The molecule has 0 unspecified atom stereocenters. The summed E-state index contributed by atoms with van der Waals surface area (Å²) in [5, 5.41) is 9.05. The van der Waals surface area contributed by atoms with Crippen LogP contribution in [0.15, 0.2) is 40.9 Å². The average molecular weight is 460 g/mol. The summed E-state index contributed by atoms with van der Waals surface area (Å²) in [5.74, 6) is 1.02. The summed E-state index contributed by atoms with van der Waals surface area (Å²) < 4.78 is 4.94. The highest BCUT2D eigenvalue weighted by molar-refractivity contribution is 8.01. The largest absolute Gasteiger partial charge is 0.360 e. The van der Waals surface area contributed by atoms with Crippen LogP contribution in [-0.4, -0.2) is 77.5 Å². The van der Waals surface area contributed by atoms with Crippen LogP contribution in [0.25, 0.3) is 0 Å². The SMILES string of the molecule is Cc1cc(NC(=O)[C@@H](C)SCC(=O)NCCCN2CCN(C)C[C@H]2c2ccccc2)no1. The summed E-state index contributed by atoms with van der Waals surface area (Å²) >= 11 is 1.30. The molecule has 0 saturated carbocycles. The van der Waals surface area contributed by atoms with E-state index in [1.54, 1.807) is 19.9 Å². The number of carbonyl (C=O) groups is 2. The van der Waals surface area contributed by atoms with Crippen molar-refractivity contribution < 1.29 is 14.1 Å². The Hall–Kier alpha value is -2.36. The Morgan fingerprint density at radius 2 is 2.06 bits per heavy atom. The number of benzene rings is 1. The van der Waals surface area contributed by atoms with Gasteiger partial charge < -0.3 is 20.1 Å². The van der Waals surface area contributed by atoms with Crippen LogP contribution in [0.5, 0.6) is 0 Å². The Kier molecular flexibility index (Phi) is 9.13. The van der Waals surface area contributed by atoms with Crippen LogP contribution in [0.2, 0.25) is 0 Å². The topological polar surface area (TPSA) is 90.7 Å². The predicted octanol–water partition coefficient (Wildman–Crippen LogP) is 2.54. The Morgan fingerprint density at radius 3 is 2.78 bits per heavy atom. The van der Waals surface area contributed by atoms with Crippen molar-refractivity contribution in [1.29, 1.82) is 0 Å². The lowest BCUT2D eigenvalue weighted by Crippen LogP contribution is -2.47. The molecule has 1 aliphatic rings. The average Bonchev–Trinajstić information content (AvgIpc) is 3.20. The zero-order valence-corrected chi connectivity index (χ0v) is 19.9. The molecule has 8 nitrogen and oxygen atoms in total. The Labute approximate surface area is 194 Å². The van der Waals surface area contributed by atoms with Gasteiger partial charge in [0, 0.05) is 44.8 Å². The van der Waals surface area contributed by atoms with Gasteiger partial charge in [-0.05, 0) is 32.9 Å². The second kappa shape index (κ2) is 12.0. The van der Waals surface area contributed by atoms with E-state index < -0.39 is 0 Å². The Bertz CT molecular complexity index is 876. The van der Waals surface area contributed by atoms with E-state index in [0.29, 0.717) is 24.2 Å². The highest BCUT2D eigenvalue weighted by Crippen LogP contribution is 2.24. The van der Waals surface area contributed by atoms with Gasteiger partial charge in [0.05, 0.1) is 11.0 Å². The van der Waals surface area contributed by atoms with Gasteiger partial charge in [-0.25, -0.2) is 0 Å². The first kappa shape index (κ1) is 24.3. The molecule has 1 aliphatic heterocycles. The number of hydrogen-bond acceptors (Lipinski definition) is 7. The number of aromatic nitrogens is 1. The van der Waals surface area contributed by atoms with Gasteiger partial charge in [0.15, 0.2) is 5.82 Å². The number of nitrogens with one attached hydrogen (secondary N) is 2. The molecule has 2 atom stereocenters. The molecule has 1 aromatic carbocycles. The number of rotatable bonds is 10. The van der Waals surface area contributed by atoms with Crippen LogP contribution < -0.4 is 10.6 Å². The number of nitrogens with zero attached hydrogens (tertiary/aromatic N) is 3. The molecule has 0 spiro atoms. The van der Waals surface area contributed by atoms with Crippen molar-refractivity contribution in [2.45, 2.75) is 31.6 Å². The third-order valence-electron chi connectivity index (χ3n) is 5.54. The minimum atomic E-state index is -0.366. The molecule has 174 valence electrons. The Morgan fingerprint density at radius 1 is 1.28 bits per heavy atom. The van der Waals surface area contributed by atoms with E-state index in [2.05, 4.69) is 56.9 Å². The first-order valence-electron chi connectivity index (χ1n) is 11.0.